The van der Waals surface area contributed by atoms with Crippen LogP contribution in [0.15, 0.2) is 46.2 Å². The first kappa shape index (κ1) is 22.3. The molecule has 0 fully saturated rings. The SMILES string of the molecule is C[C@@H]1[C@H](O[Si](C)(C)C(C)(C)C)[C@@H](C)CC(S(=O)(=O)c2ccccc2)=C[C@H]1O. The maximum absolute atomic E-state index is 13.1. The molecule has 1 aromatic carbocycles. The second-order valence-corrected chi connectivity index (χ2v) is 16.1. The first-order valence-corrected chi connectivity index (χ1v) is 14.0. The zero-order valence-electron chi connectivity index (χ0n) is 17.6. The predicted molar refractivity (Wildman–Crippen MR) is 113 cm³/mol. The van der Waals surface area contributed by atoms with Gasteiger partial charge in [0, 0.05) is 10.8 Å². The first-order chi connectivity index (χ1) is 12.3. The minimum atomic E-state index is -3.61. The molecule has 0 aromatic heterocycles. The molecule has 0 spiro atoms. The molecule has 0 saturated carbocycles. The Labute approximate surface area is 165 Å². The number of aliphatic hydroxyl groups excluding tert-OH is 1. The van der Waals surface area contributed by atoms with Gasteiger partial charge in [-0.3, -0.25) is 0 Å². The van der Waals surface area contributed by atoms with Gasteiger partial charge in [-0.2, -0.15) is 0 Å². The molecule has 1 aliphatic carbocycles. The third-order valence-corrected chi connectivity index (χ3v) is 12.5. The molecule has 0 heterocycles. The van der Waals surface area contributed by atoms with Gasteiger partial charge in [-0.05, 0) is 48.7 Å². The predicted octanol–water partition coefficient (Wildman–Crippen LogP) is 4.77. The second-order valence-electron chi connectivity index (χ2n) is 9.32. The molecule has 0 amide bonds. The number of rotatable bonds is 4. The van der Waals surface area contributed by atoms with Crippen molar-refractivity contribution < 1.29 is 18.0 Å². The summed E-state index contributed by atoms with van der Waals surface area (Å²) in [4.78, 5) is 0.564. The summed E-state index contributed by atoms with van der Waals surface area (Å²) in [5, 5.41) is 10.8. The topological polar surface area (TPSA) is 63.6 Å². The van der Waals surface area contributed by atoms with Crippen molar-refractivity contribution in [2.24, 2.45) is 11.8 Å². The molecule has 0 saturated heterocycles. The Balaban J connectivity index is 2.35. The standard InChI is InChI=1S/C21H34O4SSi/c1-15-13-18(26(23,24)17-11-9-8-10-12-17)14-19(22)16(2)20(15)25-27(6,7)21(3,4)5/h8-12,14-16,19-20,22H,13H2,1-7H3/t15-,16-,19+,20+/m0/s1. The molecule has 0 radical (unpaired) electrons. The van der Waals surface area contributed by atoms with Gasteiger partial charge in [-0.15, -0.1) is 0 Å². The van der Waals surface area contributed by atoms with Crippen LogP contribution in [0.5, 0.6) is 0 Å². The van der Waals surface area contributed by atoms with Gasteiger partial charge in [0.2, 0.25) is 9.84 Å². The Bertz CT molecular complexity index is 778. The molecular weight excluding hydrogens is 376 g/mol. The van der Waals surface area contributed by atoms with E-state index in [9.17, 15) is 13.5 Å². The molecule has 27 heavy (non-hydrogen) atoms. The molecular formula is C21H34O4SSi. The van der Waals surface area contributed by atoms with E-state index in [1.807, 2.05) is 13.8 Å². The van der Waals surface area contributed by atoms with Crippen molar-refractivity contribution in [3.05, 3.63) is 41.3 Å². The molecule has 1 aromatic rings. The average molecular weight is 411 g/mol. The highest BCUT2D eigenvalue weighted by Crippen LogP contribution is 2.42. The highest BCUT2D eigenvalue weighted by Gasteiger charge is 2.44. The summed E-state index contributed by atoms with van der Waals surface area (Å²) in [7, 11) is -5.66. The lowest BCUT2D eigenvalue weighted by Gasteiger charge is -2.42. The number of allylic oxidation sites excluding steroid dienone is 1. The van der Waals surface area contributed by atoms with Crippen molar-refractivity contribution in [1.82, 2.24) is 0 Å². The molecule has 4 nitrogen and oxygen atoms in total. The second kappa shape index (κ2) is 7.82. The van der Waals surface area contributed by atoms with Gasteiger partial charge in [0.05, 0.1) is 17.1 Å². The molecule has 1 N–H and O–H groups in total. The molecule has 0 aliphatic heterocycles. The van der Waals surface area contributed by atoms with E-state index in [4.69, 9.17) is 4.43 Å². The Morgan fingerprint density at radius 1 is 1.11 bits per heavy atom. The van der Waals surface area contributed by atoms with Gasteiger partial charge in [-0.25, -0.2) is 8.42 Å². The van der Waals surface area contributed by atoms with Crippen LogP contribution in [0.1, 0.15) is 41.0 Å². The van der Waals surface area contributed by atoms with Crippen LogP contribution in [-0.2, 0) is 14.3 Å². The number of hydrogen-bond donors (Lipinski definition) is 1. The van der Waals surface area contributed by atoms with Gasteiger partial charge in [0.1, 0.15) is 0 Å². The van der Waals surface area contributed by atoms with Crippen molar-refractivity contribution in [1.29, 1.82) is 0 Å². The number of sulfone groups is 1. The van der Waals surface area contributed by atoms with E-state index in [2.05, 4.69) is 33.9 Å². The minimum Gasteiger partial charge on any atom is -0.413 e. The average Bonchev–Trinajstić information content (AvgIpc) is 2.67. The monoisotopic (exact) mass is 410 g/mol. The number of benzene rings is 1. The summed E-state index contributed by atoms with van der Waals surface area (Å²) in [6, 6.07) is 8.44. The summed E-state index contributed by atoms with van der Waals surface area (Å²) in [5.41, 5.74) is 0. The quantitative estimate of drug-likeness (QED) is 0.726. The summed E-state index contributed by atoms with van der Waals surface area (Å²) in [6.07, 6.45) is 0.870. The van der Waals surface area contributed by atoms with Crippen LogP contribution in [-0.4, -0.2) is 34.0 Å². The molecule has 4 atom stereocenters. The Kier molecular flexibility index (Phi) is 6.47. The summed E-state index contributed by atoms with van der Waals surface area (Å²) >= 11 is 0. The third kappa shape index (κ3) is 4.73. The largest absolute Gasteiger partial charge is 0.413 e. The molecule has 0 unspecified atom stereocenters. The van der Waals surface area contributed by atoms with Gasteiger partial charge >= 0.3 is 0 Å². The van der Waals surface area contributed by atoms with E-state index in [0.29, 0.717) is 11.3 Å². The third-order valence-electron chi connectivity index (χ3n) is 6.13. The number of aliphatic hydroxyl groups is 1. The van der Waals surface area contributed by atoms with Crippen LogP contribution in [0.4, 0.5) is 0 Å². The smallest absolute Gasteiger partial charge is 0.202 e. The van der Waals surface area contributed by atoms with Crippen molar-refractivity contribution in [3.63, 3.8) is 0 Å². The van der Waals surface area contributed by atoms with E-state index in [1.54, 1.807) is 30.3 Å². The maximum Gasteiger partial charge on any atom is 0.202 e. The van der Waals surface area contributed by atoms with Crippen LogP contribution < -0.4 is 0 Å². The summed E-state index contributed by atoms with van der Waals surface area (Å²) < 4.78 is 32.8. The fourth-order valence-electron chi connectivity index (χ4n) is 3.25. The zero-order chi connectivity index (χ0) is 20.6. The highest BCUT2D eigenvalue weighted by molar-refractivity contribution is 7.95. The highest BCUT2D eigenvalue weighted by atomic mass is 32.2. The Morgan fingerprint density at radius 3 is 2.19 bits per heavy atom. The van der Waals surface area contributed by atoms with Gasteiger partial charge in [0.25, 0.3) is 0 Å². The number of hydrogen-bond acceptors (Lipinski definition) is 4. The molecule has 6 heteroatoms. The Morgan fingerprint density at radius 2 is 1.67 bits per heavy atom. The fourth-order valence-corrected chi connectivity index (χ4v) is 6.35. The molecule has 2 rings (SSSR count). The van der Waals surface area contributed by atoms with E-state index in [1.165, 1.54) is 6.08 Å². The normalized spacial score (nSPS) is 27.8. The Hall–Kier alpha value is -0.953. The van der Waals surface area contributed by atoms with Crippen LogP contribution in [0.25, 0.3) is 0 Å². The minimum absolute atomic E-state index is 0.00369. The summed E-state index contributed by atoms with van der Waals surface area (Å²) in [6.45, 7) is 14.9. The maximum atomic E-state index is 13.1. The fraction of sp³-hybridized carbons (Fsp3) is 0.619. The van der Waals surface area contributed by atoms with Crippen LogP contribution >= 0.6 is 0 Å². The first-order valence-electron chi connectivity index (χ1n) is 9.64. The van der Waals surface area contributed by atoms with Gasteiger partial charge in [-0.1, -0.05) is 52.8 Å². The van der Waals surface area contributed by atoms with Crippen LogP contribution in [0.3, 0.4) is 0 Å². The van der Waals surface area contributed by atoms with E-state index in [0.717, 1.165) is 0 Å². The lowest BCUT2D eigenvalue weighted by atomic mass is 9.90. The molecule has 1 aliphatic rings. The van der Waals surface area contributed by atoms with E-state index >= 15 is 0 Å². The lowest BCUT2D eigenvalue weighted by Crippen LogP contribution is -2.48. The summed E-state index contributed by atoms with van der Waals surface area (Å²) in [5.74, 6) is -0.173. The molecule has 0 bridgehead atoms. The van der Waals surface area contributed by atoms with Crippen molar-refractivity contribution in [2.75, 3.05) is 0 Å². The van der Waals surface area contributed by atoms with Crippen LogP contribution in [0.2, 0.25) is 18.1 Å². The van der Waals surface area contributed by atoms with Gasteiger partial charge in [0.15, 0.2) is 8.32 Å². The van der Waals surface area contributed by atoms with Gasteiger partial charge < -0.3 is 9.53 Å². The van der Waals surface area contributed by atoms with E-state index < -0.39 is 24.3 Å². The zero-order valence-corrected chi connectivity index (χ0v) is 19.4. The van der Waals surface area contributed by atoms with E-state index in [-0.39, 0.29) is 27.9 Å². The van der Waals surface area contributed by atoms with Crippen molar-refractivity contribution >= 4 is 18.2 Å². The van der Waals surface area contributed by atoms with Crippen molar-refractivity contribution in [2.45, 2.75) is 76.3 Å². The molecule has 152 valence electrons. The lowest BCUT2D eigenvalue weighted by molar-refractivity contribution is 0.0257. The van der Waals surface area contributed by atoms with Crippen LogP contribution in [0, 0.1) is 11.8 Å². The van der Waals surface area contributed by atoms with Crippen molar-refractivity contribution in [3.8, 4) is 0 Å².